The molecule has 0 amide bonds. The van der Waals surface area contributed by atoms with E-state index in [1.807, 2.05) is 0 Å². The van der Waals surface area contributed by atoms with Gasteiger partial charge in [-0.2, -0.15) is 0 Å². The van der Waals surface area contributed by atoms with Crippen molar-refractivity contribution in [2.75, 3.05) is 0 Å². The van der Waals surface area contributed by atoms with Crippen molar-refractivity contribution >= 4 is 15.7 Å². The van der Waals surface area contributed by atoms with Gasteiger partial charge >= 0.3 is 74.3 Å². The van der Waals surface area contributed by atoms with Gasteiger partial charge in [0.25, 0.3) is 0 Å². The quantitative estimate of drug-likeness (QED) is 0.349. The maximum Gasteiger partial charge on any atom is -1.00 e. The number of hydrogen-bond donors (Lipinski definition) is 0. The molecule has 6 heteroatoms. The molecule has 0 aliphatic heterocycles. The minimum Gasteiger partial charge on any atom is -1.00 e. The second-order valence-corrected chi connectivity index (χ2v) is 2.64. The predicted molar refractivity (Wildman–Crippen MR) is 55.6 cm³/mol. The third-order valence-electron chi connectivity index (χ3n) is 1.37. The van der Waals surface area contributed by atoms with Crippen molar-refractivity contribution in [3.05, 3.63) is 0 Å². The SMILES string of the molecule is [B+2]CCCC.[B+2]CCCCC.[Cl-].[Cl-].[Cl-].[Cl-]. The Morgan fingerprint density at radius 2 is 0.933 bits per heavy atom. The van der Waals surface area contributed by atoms with Crippen molar-refractivity contribution in [2.24, 2.45) is 0 Å². The van der Waals surface area contributed by atoms with E-state index in [1.165, 1.54) is 32.1 Å². The fourth-order valence-electron chi connectivity index (χ4n) is 0.598. The van der Waals surface area contributed by atoms with Crippen LogP contribution in [0.15, 0.2) is 0 Å². The Hall–Kier alpha value is 1.29. The molecular formula is C9H20B2Cl4. The third kappa shape index (κ3) is 68.3. The second kappa shape index (κ2) is 45.4. The number of hydrogen-bond acceptors (Lipinski definition) is 0. The molecule has 0 rings (SSSR count). The summed E-state index contributed by atoms with van der Waals surface area (Å²) in [6.45, 7) is 4.31. The predicted octanol–water partition coefficient (Wildman–Crippen LogP) is -8.85. The molecule has 0 nitrogen and oxygen atoms in total. The Kier molecular flexibility index (Phi) is 109. The normalized spacial score (nSPS) is 6.53. The van der Waals surface area contributed by atoms with Crippen LogP contribution in [0.5, 0.6) is 0 Å². The molecule has 0 aromatic rings. The minimum absolute atomic E-state index is 0. The van der Waals surface area contributed by atoms with Gasteiger partial charge in [-0.25, -0.2) is 0 Å². The molecule has 90 valence electrons. The Labute approximate surface area is 124 Å². The molecule has 0 fully saturated rings. The minimum atomic E-state index is 0. The van der Waals surface area contributed by atoms with Gasteiger partial charge in [0.15, 0.2) is 0 Å². The summed E-state index contributed by atoms with van der Waals surface area (Å²) in [4.78, 5) is 0. The van der Waals surface area contributed by atoms with Crippen LogP contribution in [-0.4, -0.2) is 15.7 Å². The average molecular weight is 292 g/mol. The fourth-order valence-corrected chi connectivity index (χ4v) is 0.598. The monoisotopic (exact) mass is 290 g/mol. The van der Waals surface area contributed by atoms with Gasteiger partial charge in [0.1, 0.15) is 0 Å². The summed E-state index contributed by atoms with van der Waals surface area (Å²) in [5, 5.41) is 0. The van der Waals surface area contributed by atoms with Gasteiger partial charge in [-0.05, 0) is 0 Å². The van der Waals surface area contributed by atoms with E-state index in [9.17, 15) is 0 Å². The number of halogens is 4. The molecule has 0 bridgehead atoms. The van der Waals surface area contributed by atoms with Gasteiger partial charge in [-0.15, -0.1) is 0 Å². The summed E-state index contributed by atoms with van der Waals surface area (Å²) in [7, 11) is 10.4. The molecule has 0 saturated heterocycles. The van der Waals surface area contributed by atoms with Gasteiger partial charge < -0.3 is 49.6 Å². The van der Waals surface area contributed by atoms with E-state index >= 15 is 0 Å². The van der Waals surface area contributed by atoms with E-state index in [0.29, 0.717) is 0 Å². The molecule has 0 heterocycles. The first-order chi connectivity index (χ1) is 5.33. The van der Waals surface area contributed by atoms with Gasteiger partial charge in [0.05, 0.1) is 0 Å². The molecule has 0 aliphatic carbocycles. The molecule has 0 spiro atoms. The topological polar surface area (TPSA) is 0 Å². The van der Waals surface area contributed by atoms with Crippen LogP contribution in [0.2, 0.25) is 12.6 Å². The van der Waals surface area contributed by atoms with Gasteiger partial charge in [-0.1, -0.05) is 0 Å². The molecular weight excluding hydrogens is 272 g/mol. The first-order valence-corrected chi connectivity index (χ1v) is 4.73. The van der Waals surface area contributed by atoms with E-state index < -0.39 is 0 Å². The Balaban J connectivity index is -0.0000000215. The van der Waals surface area contributed by atoms with Crippen molar-refractivity contribution in [2.45, 2.75) is 58.6 Å². The molecule has 0 saturated carbocycles. The summed E-state index contributed by atoms with van der Waals surface area (Å²) >= 11 is 0. The molecule has 0 radical (unpaired) electrons. The Morgan fingerprint density at radius 3 is 1.00 bits per heavy atom. The van der Waals surface area contributed by atoms with Crippen LogP contribution >= 0.6 is 0 Å². The van der Waals surface area contributed by atoms with Gasteiger partial charge in [-0.3, -0.25) is 0 Å². The largest absolute Gasteiger partial charge is 1.00 e. The van der Waals surface area contributed by atoms with Crippen LogP contribution in [-0.2, 0) is 0 Å². The average Bonchev–Trinajstić information content (AvgIpc) is 2.04. The Morgan fingerprint density at radius 1 is 0.600 bits per heavy atom. The third-order valence-corrected chi connectivity index (χ3v) is 1.37. The van der Waals surface area contributed by atoms with Crippen molar-refractivity contribution in [3.8, 4) is 0 Å². The summed E-state index contributed by atoms with van der Waals surface area (Å²) < 4.78 is 0. The molecule has 0 N–H and O–H groups in total. The number of unbranched alkanes of at least 4 members (excludes halogenated alkanes) is 3. The molecule has 0 unspecified atom stereocenters. The summed E-state index contributed by atoms with van der Waals surface area (Å²) in [6.07, 6.45) is 7.84. The van der Waals surface area contributed by atoms with Crippen LogP contribution in [0.1, 0.15) is 46.0 Å². The summed E-state index contributed by atoms with van der Waals surface area (Å²) in [6, 6.07) is 0. The Bertz CT molecular complexity index is 53.4. The van der Waals surface area contributed by atoms with E-state index in [-0.39, 0.29) is 49.6 Å². The van der Waals surface area contributed by atoms with E-state index in [4.69, 9.17) is 15.7 Å². The van der Waals surface area contributed by atoms with E-state index in [1.54, 1.807) is 0 Å². The number of rotatable bonds is 5. The van der Waals surface area contributed by atoms with E-state index in [2.05, 4.69) is 13.8 Å². The second-order valence-electron chi connectivity index (χ2n) is 2.64. The standard InChI is InChI=1S/C5H11B.C4H9B.4ClH/c1-2-3-4-5-6;1-2-3-4-5;;;;/h2-5H2,1H3;2-4H2,1H3;4*1H/q2*+2;;;;/p-4. The van der Waals surface area contributed by atoms with Crippen molar-refractivity contribution in [3.63, 3.8) is 0 Å². The van der Waals surface area contributed by atoms with E-state index in [0.717, 1.165) is 12.6 Å². The fraction of sp³-hybridized carbons (Fsp3) is 1.00. The zero-order valence-electron chi connectivity index (χ0n) is 9.62. The van der Waals surface area contributed by atoms with Crippen molar-refractivity contribution in [1.29, 1.82) is 0 Å². The van der Waals surface area contributed by atoms with Gasteiger partial charge in [0, 0.05) is 0 Å². The van der Waals surface area contributed by atoms with Gasteiger partial charge in [0.2, 0.25) is 0 Å². The molecule has 0 atom stereocenters. The maximum absolute atomic E-state index is 5.21. The molecule has 0 aromatic carbocycles. The first-order valence-electron chi connectivity index (χ1n) is 4.73. The summed E-state index contributed by atoms with van der Waals surface area (Å²) in [5.41, 5.74) is 0. The van der Waals surface area contributed by atoms with Crippen LogP contribution in [0.25, 0.3) is 0 Å². The smallest absolute Gasteiger partial charge is 1.00 e. The zero-order chi connectivity index (χ0) is 8.95. The molecule has 0 aliphatic rings. The summed E-state index contributed by atoms with van der Waals surface area (Å²) in [5.74, 6) is 0. The van der Waals surface area contributed by atoms with Crippen molar-refractivity contribution in [1.82, 2.24) is 0 Å². The first kappa shape index (κ1) is 36.0. The molecule has 0 aromatic heterocycles. The van der Waals surface area contributed by atoms with Crippen LogP contribution in [0.3, 0.4) is 0 Å². The molecule has 15 heavy (non-hydrogen) atoms. The van der Waals surface area contributed by atoms with Crippen molar-refractivity contribution < 1.29 is 49.6 Å². The van der Waals surface area contributed by atoms with Crippen LogP contribution < -0.4 is 49.6 Å². The van der Waals surface area contributed by atoms with Crippen LogP contribution in [0, 0.1) is 0 Å². The van der Waals surface area contributed by atoms with Crippen LogP contribution in [0.4, 0.5) is 0 Å². The maximum atomic E-state index is 5.21. The zero-order valence-corrected chi connectivity index (χ0v) is 12.6.